The Kier molecular flexibility index (Phi) is 3.68. The molecule has 4 rings (SSSR count). The maximum atomic E-state index is 12.7. The first-order valence-corrected chi connectivity index (χ1v) is 8.39. The first-order chi connectivity index (χ1) is 11.6. The van der Waals surface area contributed by atoms with Gasteiger partial charge in [0.05, 0.1) is 13.2 Å². The molecule has 2 aliphatic rings. The van der Waals surface area contributed by atoms with E-state index in [1.165, 1.54) is 11.1 Å². The Labute approximate surface area is 142 Å². The van der Waals surface area contributed by atoms with Crippen molar-refractivity contribution < 1.29 is 14.3 Å². The second-order valence-corrected chi connectivity index (χ2v) is 6.54. The highest BCUT2D eigenvalue weighted by molar-refractivity contribution is 5.94. The summed E-state index contributed by atoms with van der Waals surface area (Å²) in [6.45, 7) is 3.98. The fourth-order valence-electron chi connectivity index (χ4n) is 3.48. The van der Waals surface area contributed by atoms with Gasteiger partial charge in [-0.3, -0.25) is 4.79 Å². The summed E-state index contributed by atoms with van der Waals surface area (Å²) in [5.74, 6) is 1.95. The van der Waals surface area contributed by atoms with Gasteiger partial charge in [0.15, 0.2) is 0 Å². The van der Waals surface area contributed by atoms with Crippen LogP contribution in [0.25, 0.3) is 0 Å². The van der Waals surface area contributed by atoms with Crippen LogP contribution in [0.5, 0.6) is 11.5 Å². The van der Waals surface area contributed by atoms with E-state index in [-0.39, 0.29) is 5.91 Å². The average Bonchev–Trinajstić information content (AvgIpc) is 3.23. The molecule has 2 heterocycles. The van der Waals surface area contributed by atoms with Gasteiger partial charge in [0.1, 0.15) is 11.5 Å². The Bertz CT molecular complexity index is 763. The lowest BCUT2D eigenvalue weighted by Crippen LogP contribution is -2.26. The molecule has 1 amide bonds. The van der Waals surface area contributed by atoms with Gasteiger partial charge in [-0.05, 0) is 25.1 Å². The topological polar surface area (TPSA) is 38.8 Å². The maximum Gasteiger partial charge on any atom is 0.253 e. The summed E-state index contributed by atoms with van der Waals surface area (Å²) in [7, 11) is 1.85. The van der Waals surface area contributed by atoms with Crippen LogP contribution in [0.4, 0.5) is 0 Å². The van der Waals surface area contributed by atoms with Gasteiger partial charge in [-0.1, -0.05) is 17.7 Å². The second kappa shape index (κ2) is 5.86. The highest BCUT2D eigenvalue weighted by Crippen LogP contribution is 2.41. The predicted octanol–water partition coefficient (Wildman–Crippen LogP) is 3.14. The van der Waals surface area contributed by atoms with E-state index in [1.807, 2.05) is 38.2 Å². The number of nitrogens with zero attached hydrogens (tertiary/aromatic N) is 1. The lowest BCUT2D eigenvalue weighted by molar-refractivity contribution is 0.0784. The van der Waals surface area contributed by atoms with Crippen LogP contribution in [0.15, 0.2) is 30.3 Å². The molecule has 24 heavy (non-hydrogen) atoms. The van der Waals surface area contributed by atoms with E-state index < -0.39 is 0 Å². The molecule has 2 aromatic rings. The zero-order chi connectivity index (χ0) is 16.7. The van der Waals surface area contributed by atoms with Gasteiger partial charge in [0, 0.05) is 48.7 Å². The molecule has 0 bridgehead atoms. The molecule has 2 aromatic carbocycles. The number of ether oxygens (including phenoxy) is 2. The number of amides is 1. The maximum absolute atomic E-state index is 12.7. The molecule has 2 aliphatic heterocycles. The van der Waals surface area contributed by atoms with E-state index in [4.69, 9.17) is 9.47 Å². The van der Waals surface area contributed by atoms with Crippen molar-refractivity contribution in [2.75, 3.05) is 20.3 Å². The van der Waals surface area contributed by atoms with Crippen LogP contribution in [0.1, 0.15) is 32.6 Å². The van der Waals surface area contributed by atoms with Gasteiger partial charge in [0.25, 0.3) is 5.91 Å². The third kappa shape index (κ3) is 2.52. The lowest BCUT2D eigenvalue weighted by atomic mass is 9.99. The summed E-state index contributed by atoms with van der Waals surface area (Å²) in [6.07, 6.45) is 1.79. The van der Waals surface area contributed by atoms with Crippen molar-refractivity contribution in [1.29, 1.82) is 0 Å². The van der Waals surface area contributed by atoms with Crippen molar-refractivity contribution in [3.63, 3.8) is 0 Å². The van der Waals surface area contributed by atoms with Crippen LogP contribution < -0.4 is 9.47 Å². The second-order valence-electron chi connectivity index (χ2n) is 6.54. The standard InChI is InChI=1S/C20H21NO3/c1-13-3-5-14(6-4-13)20(22)21(2)12-17-16-8-10-23-18(16)11-15-7-9-24-19(15)17/h3-6,11H,7-10,12H2,1-2H3. The Morgan fingerprint density at radius 1 is 1.12 bits per heavy atom. The third-order valence-corrected chi connectivity index (χ3v) is 4.80. The average molecular weight is 323 g/mol. The highest BCUT2D eigenvalue weighted by Gasteiger charge is 2.27. The Morgan fingerprint density at radius 2 is 1.88 bits per heavy atom. The molecule has 0 unspecified atom stereocenters. The highest BCUT2D eigenvalue weighted by atomic mass is 16.5. The first-order valence-electron chi connectivity index (χ1n) is 8.39. The smallest absolute Gasteiger partial charge is 0.253 e. The summed E-state index contributed by atoms with van der Waals surface area (Å²) in [4.78, 5) is 14.5. The largest absolute Gasteiger partial charge is 0.493 e. The molecular weight excluding hydrogens is 302 g/mol. The third-order valence-electron chi connectivity index (χ3n) is 4.80. The summed E-state index contributed by atoms with van der Waals surface area (Å²) >= 11 is 0. The summed E-state index contributed by atoms with van der Waals surface area (Å²) in [5.41, 5.74) is 5.37. The van der Waals surface area contributed by atoms with Crippen molar-refractivity contribution in [3.05, 3.63) is 58.1 Å². The van der Waals surface area contributed by atoms with Gasteiger partial charge in [-0.15, -0.1) is 0 Å². The zero-order valence-corrected chi connectivity index (χ0v) is 14.1. The van der Waals surface area contributed by atoms with Crippen LogP contribution >= 0.6 is 0 Å². The molecule has 0 atom stereocenters. The van der Waals surface area contributed by atoms with Gasteiger partial charge < -0.3 is 14.4 Å². The van der Waals surface area contributed by atoms with Crippen LogP contribution in [-0.2, 0) is 19.4 Å². The summed E-state index contributed by atoms with van der Waals surface area (Å²) in [6, 6.07) is 9.81. The molecule has 0 aliphatic carbocycles. The van der Waals surface area contributed by atoms with E-state index in [9.17, 15) is 4.79 Å². The number of carbonyl (C=O) groups excluding carboxylic acids is 1. The number of fused-ring (bicyclic) bond motifs is 2. The van der Waals surface area contributed by atoms with Gasteiger partial charge in [-0.2, -0.15) is 0 Å². The number of hydrogen-bond acceptors (Lipinski definition) is 3. The Balaban J connectivity index is 1.63. The molecule has 0 saturated heterocycles. The number of hydrogen-bond donors (Lipinski definition) is 0. The van der Waals surface area contributed by atoms with Gasteiger partial charge in [-0.25, -0.2) is 0 Å². The van der Waals surface area contributed by atoms with E-state index >= 15 is 0 Å². The van der Waals surface area contributed by atoms with Gasteiger partial charge >= 0.3 is 0 Å². The van der Waals surface area contributed by atoms with Crippen LogP contribution in [0, 0.1) is 6.92 Å². The van der Waals surface area contributed by atoms with E-state index in [0.717, 1.165) is 35.5 Å². The fourth-order valence-corrected chi connectivity index (χ4v) is 3.48. The van der Waals surface area contributed by atoms with Crippen molar-refractivity contribution >= 4 is 5.91 Å². The summed E-state index contributed by atoms with van der Waals surface area (Å²) < 4.78 is 11.6. The normalized spacial score (nSPS) is 14.6. The number of aryl methyl sites for hydroxylation is 1. The molecule has 0 saturated carbocycles. The monoisotopic (exact) mass is 323 g/mol. The fraction of sp³-hybridized carbons (Fsp3) is 0.350. The number of rotatable bonds is 3. The van der Waals surface area contributed by atoms with Crippen molar-refractivity contribution in [1.82, 2.24) is 4.90 Å². The van der Waals surface area contributed by atoms with E-state index in [0.29, 0.717) is 25.3 Å². The molecule has 0 N–H and O–H groups in total. The van der Waals surface area contributed by atoms with Crippen molar-refractivity contribution in [2.45, 2.75) is 26.3 Å². The minimum Gasteiger partial charge on any atom is -0.493 e. The van der Waals surface area contributed by atoms with Crippen LogP contribution in [-0.4, -0.2) is 31.1 Å². The van der Waals surface area contributed by atoms with Crippen molar-refractivity contribution in [3.8, 4) is 11.5 Å². The molecule has 0 fully saturated rings. The molecule has 0 spiro atoms. The minimum atomic E-state index is 0.0262. The van der Waals surface area contributed by atoms with E-state index in [2.05, 4.69) is 6.07 Å². The van der Waals surface area contributed by atoms with Crippen molar-refractivity contribution in [2.24, 2.45) is 0 Å². The summed E-state index contributed by atoms with van der Waals surface area (Å²) in [5, 5.41) is 0. The van der Waals surface area contributed by atoms with E-state index in [1.54, 1.807) is 4.90 Å². The molecule has 124 valence electrons. The first kappa shape index (κ1) is 15.1. The molecule has 0 radical (unpaired) electrons. The molecule has 4 nitrogen and oxygen atoms in total. The molecule has 4 heteroatoms. The Hall–Kier alpha value is -2.49. The Morgan fingerprint density at radius 3 is 2.67 bits per heavy atom. The van der Waals surface area contributed by atoms with Crippen LogP contribution in [0.2, 0.25) is 0 Å². The molecular formula is C20H21NO3. The number of carbonyl (C=O) groups is 1. The number of benzene rings is 2. The quantitative estimate of drug-likeness (QED) is 0.871. The SMILES string of the molecule is Cc1ccc(C(=O)N(C)Cc2c3c(cc4c2OCC4)OCC3)cc1. The lowest BCUT2D eigenvalue weighted by Gasteiger charge is -2.21. The predicted molar refractivity (Wildman–Crippen MR) is 91.8 cm³/mol. The van der Waals surface area contributed by atoms with Gasteiger partial charge in [0.2, 0.25) is 0 Å². The molecule has 0 aromatic heterocycles. The minimum absolute atomic E-state index is 0.0262. The zero-order valence-electron chi connectivity index (χ0n) is 14.1. The van der Waals surface area contributed by atoms with Crippen LogP contribution in [0.3, 0.4) is 0 Å².